The standard InChI is InChI=1S/C15H14O7/c16-8-4-11(18)9-6-15(20,21)14(22-13(9)5-8)7-1-2-10(17)12(19)3-7/h1-5,14,16-21H,6H2. The number of benzene rings is 2. The molecule has 0 bridgehead atoms. The molecule has 6 N–H and O–H groups in total. The molecule has 0 aliphatic carbocycles. The first-order valence-electron chi connectivity index (χ1n) is 6.46. The predicted molar refractivity (Wildman–Crippen MR) is 73.8 cm³/mol. The Labute approximate surface area is 124 Å². The molecule has 7 nitrogen and oxygen atoms in total. The van der Waals surface area contributed by atoms with Gasteiger partial charge < -0.3 is 35.4 Å². The van der Waals surface area contributed by atoms with Crippen LogP contribution in [0.2, 0.25) is 0 Å². The Kier molecular flexibility index (Phi) is 3.05. The average Bonchev–Trinajstić information content (AvgIpc) is 2.42. The Balaban J connectivity index is 2.07. The molecule has 1 atom stereocenters. The van der Waals surface area contributed by atoms with Crippen molar-refractivity contribution < 1.29 is 35.4 Å². The van der Waals surface area contributed by atoms with Crippen molar-refractivity contribution in [3.63, 3.8) is 0 Å². The first kappa shape index (κ1) is 14.3. The highest BCUT2D eigenvalue weighted by atomic mass is 16.6. The van der Waals surface area contributed by atoms with Crippen LogP contribution >= 0.6 is 0 Å². The number of phenolic OH excluding ortho intramolecular Hbond substituents is 4. The zero-order valence-corrected chi connectivity index (χ0v) is 11.3. The van der Waals surface area contributed by atoms with Crippen molar-refractivity contribution in [2.24, 2.45) is 0 Å². The van der Waals surface area contributed by atoms with E-state index >= 15 is 0 Å². The fourth-order valence-corrected chi connectivity index (χ4v) is 2.51. The first-order chi connectivity index (χ1) is 10.3. The van der Waals surface area contributed by atoms with E-state index in [0.29, 0.717) is 0 Å². The van der Waals surface area contributed by atoms with Crippen LogP contribution in [0.4, 0.5) is 0 Å². The molecule has 0 spiro atoms. The fourth-order valence-electron chi connectivity index (χ4n) is 2.51. The molecule has 3 rings (SSSR count). The van der Waals surface area contributed by atoms with Crippen molar-refractivity contribution in [2.45, 2.75) is 18.3 Å². The van der Waals surface area contributed by atoms with E-state index in [1.54, 1.807) is 0 Å². The van der Waals surface area contributed by atoms with Gasteiger partial charge in [0.1, 0.15) is 17.2 Å². The number of fused-ring (bicyclic) bond motifs is 1. The topological polar surface area (TPSA) is 131 Å². The van der Waals surface area contributed by atoms with Gasteiger partial charge in [0.05, 0.1) is 0 Å². The van der Waals surface area contributed by atoms with Gasteiger partial charge in [-0.05, 0) is 12.1 Å². The first-order valence-corrected chi connectivity index (χ1v) is 6.46. The van der Waals surface area contributed by atoms with E-state index in [1.165, 1.54) is 18.2 Å². The number of aromatic hydroxyl groups is 4. The van der Waals surface area contributed by atoms with Crippen LogP contribution in [0.25, 0.3) is 0 Å². The number of hydrogen-bond donors (Lipinski definition) is 6. The summed E-state index contributed by atoms with van der Waals surface area (Å²) in [6, 6.07) is 6.03. The van der Waals surface area contributed by atoms with Gasteiger partial charge in [-0.2, -0.15) is 0 Å². The smallest absolute Gasteiger partial charge is 0.209 e. The van der Waals surface area contributed by atoms with Gasteiger partial charge in [0.25, 0.3) is 0 Å². The van der Waals surface area contributed by atoms with Crippen molar-refractivity contribution in [3.05, 3.63) is 41.5 Å². The van der Waals surface area contributed by atoms with Crippen molar-refractivity contribution >= 4 is 0 Å². The summed E-state index contributed by atoms with van der Waals surface area (Å²) in [6.45, 7) is 0. The van der Waals surface area contributed by atoms with Gasteiger partial charge in [-0.25, -0.2) is 0 Å². The second-order valence-electron chi connectivity index (χ2n) is 5.24. The highest BCUT2D eigenvalue weighted by molar-refractivity contribution is 5.52. The molecule has 1 unspecified atom stereocenters. The molecule has 22 heavy (non-hydrogen) atoms. The Hall–Kier alpha value is -2.64. The van der Waals surface area contributed by atoms with Crippen molar-refractivity contribution in [1.82, 2.24) is 0 Å². The molecule has 1 aliphatic heterocycles. The second kappa shape index (κ2) is 4.69. The van der Waals surface area contributed by atoms with E-state index in [9.17, 15) is 30.6 Å². The van der Waals surface area contributed by atoms with Gasteiger partial charge >= 0.3 is 0 Å². The Morgan fingerprint density at radius 2 is 1.64 bits per heavy atom. The van der Waals surface area contributed by atoms with E-state index in [1.807, 2.05) is 0 Å². The number of phenols is 4. The maximum Gasteiger partial charge on any atom is 0.209 e. The summed E-state index contributed by atoms with van der Waals surface area (Å²) in [7, 11) is 0. The quantitative estimate of drug-likeness (QED) is 0.340. The summed E-state index contributed by atoms with van der Waals surface area (Å²) >= 11 is 0. The summed E-state index contributed by atoms with van der Waals surface area (Å²) < 4.78 is 5.48. The van der Waals surface area contributed by atoms with Gasteiger partial charge in [-0.3, -0.25) is 0 Å². The molecule has 0 saturated carbocycles. The van der Waals surface area contributed by atoms with Gasteiger partial charge in [0.15, 0.2) is 17.6 Å². The van der Waals surface area contributed by atoms with Gasteiger partial charge in [0.2, 0.25) is 5.79 Å². The number of ether oxygens (including phenoxy) is 1. The van der Waals surface area contributed by atoms with E-state index in [2.05, 4.69) is 0 Å². The molecule has 0 aromatic heterocycles. The molecule has 0 fully saturated rings. The van der Waals surface area contributed by atoms with Crippen LogP contribution in [-0.4, -0.2) is 36.4 Å². The zero-order chi connectivity index (χ0) is 16.1. The number of rotatable bonds is 1. The summed E-state index contributed by atoms with van der Waals surface area (Å²) in [5.74, 6) is -3.56. The molecular formula is C15H14O7. The van der Waals surface area contributed by atoms with Crippen molar-refractivity contribution in [3.8, 4) is 28.7 Å². The van der Waals surface area contributed by atoms with Crippen LogP contribution in [0.3, 0.4) is 0 Å². The highest BCUT2D eigenvalue weighted by Crippen LogP contribution is 2.45. The van der Waals surface area contributed by atoms with Gasteiger partial charge in [-0.1, -0.05) is 6.07 Å². The lowest BCUT2D eigenvalue weighted by molar-refractivity contribution is -0.226. The molecule has 7 heteroatoms. The minimum atomic E-state index is -2.34. The van der Waals surface area contributed by atoms with Crippen LogP contribution in [0.1, 0.15) is 17.2 Å². The lowest BCUT2D eigenvalue weighted by Gasteiger charge is -2.37. The highest BCUT2D eigenvalue weighted by Gasteiger charge is 2.44. The Morgan fingerprint density at radius 3 is 2.32 bits per heavy atom. The third-order valence-electron chi connectivity index (χ3n) is 3.57. The maximum atomic E-state index is 10.2. The van der Waals surface area contributed by atoms with Gasteiger partial charge in [0, 0.05) is 29.7 Å². The number of aliphatic hydroxyl groups is 2. The SMILES string of the molecule is Oc1cc(O)c2c(c1)OC(c1ccc(O)c(O)c1)C(O)(O)C2. The summed E-state index contributed by atoms with van der Waals surface area (Å²) in [6.07, 6.45) is -1.60. The molecule has 0 saturated heterocycles. The zero-order valence-electron chi connectivity index (χ0n) is 11.3. The molecule has 0 amide bonds. The molecule has 2 aromatic carbocycles. The minimum Gasteiger partial charge on any atom is -0.508 e. The van der Waals surface area contributed by atoms with Gasteiger partial charge in [-0.15, -0.1) is 0 Å². The maximum absolute atomic E-state index is 10.2. The molecule has 0 radical (unpaired) electrons. The van der Waals surface area contributed by atoms with Crippen LogP contribution in [0.15, 0.2) is 30.3 Å². The van der Waals surface area contributed by atoms with Crippen LogP contribution < -0.4 is 4.74 Å². The predicted octanol–water partition coefficient (Wildman–Crippen LogP) is 0.866. The monoisotopic (exact) mass is 306 g/mol. The third kappa shape index (κ3) is 2.26. The Morgan fingerprint density at radius 1 is 0.909 bits per heavy atom. The largest absolute Gasteiger partial charge is 0.508 e. The van der Waals surface area contributed by atoms with Crippen molar-refractivity contribution in [2.75, 3.05) is 0 Å². The third-order valence-corrected chi connectivity index (χ3v) is 3.57. The van der Waals surface area contributed by atoms with E-state index in [-0.39, 0.29) is 40.5 Å². The second-order valence-corrected chi connectivity index (χ2v) is 5.24. The lowest BCUT2D eigenvalue weighted by Crippen LogP contribution is -2.44. The number of hydrogen-bond acceptors (Lipinski definition) is 7. The molecule has 1 aliphatic rings. The Bertz CT molecular complexity index is 739. The summed E-state index contributed by atoms with van der Waals surface area (Å²) in [4.78, 5) is 0. The van der Waals surface area contributed by atoms with E-state index in [4.69, 9.17) is 4.74 Å². The van der Waals surface area contributed by atoms with E-state index < -0.39 is 17.6 Å². The van der Waals surface area contributed by atoms with Crippen molar-refractivity contribution in [1.29, 1.82) is 0 Å². The summed E-state index contributed by atoms with van der Waals surface area (Å²) in [5.41, 5.74) is 0.371. The molecular weight excluding hydrogens is 292 g/mol. The molecule has 116 valence electrons. The molecule has 1 heterocycles. The lowest BCUT2D eigenvalue weighted by atomic mass is 9.91. The minimum absolute atomic E-state index is 0.105. The van der Waals surface area contributed by atoms with E-state index in [0.717, 1.165) is 12.1 Å². The fraction of sp³-hybridized carbons (Fsp3) is 0.200. The van der Waals surface area contributed by atoms with Crippen LogP contribution in [0.5, 0.6) is 28.7 Å². The average molecular weight is 306 g/mol. The van der Waals surface area contributed by atoms with Crippen LogP contribution in [0, 0.1) is 0 Å². The summed E-state index contributed by atoms with van der Waals surface area (Å²) in [5, 5.41) is 58.5. The molecule has 2 aromatic rings. The van der Waals surface area contributed by atoms with Crippen LogP contribution in [-0.2, 0) is 6.42 Å². The normalized spacial score (nSPS) is 19.3.